The van der Waals surface area contributed by atoms with E-state index in [-0.39, 0.29) is 11.1 Å². The van der Waals surface area contributed by atoms with Gasteiger partial charge in [-0.1, -0.05) is 50.6 Å². The zero-order valence-electron chi connectivity index (χ0n) is 9.76. The van der Waals surface area contributed by atoms with Gasteiger partial charge in [0.15, 0.2) is 0 Å². The summed E-state index contributed by atoms with van der Waals surface area (Å²) in [5, 5.41) is 0. The normalized spacial score (nSPS) is 11.7. The molecule has 0 aromatic heterocycles. The van der Waals surface area contributed by atoms with Crippen molar-refractivity contribution >= 4 is 6.29 Å². The molecule has 0 N–H and O–H groups in total. The maximum absolute atomic E-state index is 12.1. The first-order valence-corrected chi connectivity index (χ1v) is 4.83. The predicted octanol–water partition coefficient (Wildman–Crippen LogP) is 4.08. The molecule has 0 aliphatic rings. The van der Waals surface area contributed by atoms with E-state index in [1.165, 1.54) is 12.2 Å². The molecule has 0 rings (SSSR count). The maximum Gasteiger partial charge on any atom is 0.415 e. The number of carbonyl (C=O) groups is 1. The van der Waals surface area contributed by atoms with Crippen LogP contribution in [0.1, 0.15) is 0 Å². The highest BCUT2D eigenvalue weighted by Crippen LogP contribution is 2.25. The molecule has 0 aliphatic heterocycles. The number of carbonyl (C=O) groups excluding carboxylic acids is 1. The molecule has 0 atom stereocenters. The largest absolute Gasteiger partial charge is 0.415 e. The molecule has 1 nitrogen and oxygen atoms in total. The highest BCUT2D eigenvalue weighted by atomic mass is 19.4. The lowest BCUT2D eigenvalue weighted by Crippen LogP contribution is -2.08. The van der Waals surface area contributed by atoms with Gasteiger partial charge in [-0.3, -0.25) is 4.79 Å². The molecule has 96 valence electrons. The van der Waals surface area contributed by atoms with Crippen LogP contribution in [0.3, 0.4) is 0 Å². The molecule has 0 heterocycles. The zero-order valence-corrected chi connectivity index (χ0v) is 9.76. The molecular weight excluding hydrogens is 241 g/mol. The molecule has 0 radical (unpaired) electrons. The van der Waals surface area contributed by atoms with E-state index in [1.807, 2.05) is 0 Å². The number of allylic oxidation sites excluding steroid dienone is 8. The van der Waals surface area contributed by atoms with Crippen molar-refractivity contribution < 1.29 is 18.0 Å². The van der Waals surface area contributed by atoms with Gasteiger partial charge in [0.2, 0.25) is 0 Å². The number of alkyl halides is 3. The van der Waals surface area contributed by atoms with Crippen LogP contribution >= 0.6 is 0 Å². The molecule has 0 aliphatic carbocycles. The summed E-state index contributed by atoms with van der Waals surface area (Å²) in [5.41, 5.74) is -0.0788. The van der Waals surface area contributed by atoms with Gasteiger partial charge in [0, 0.05) is 11.1 Å². The summed E-state index contributed by atoms with van der Waals surface area (Å²) >= 11 is 0. The fourth-order valence-electron chi connectivity index (χ4n) is 0.757. The Morgan fingerprint density at radius 1 is 0.833 bits per heavy atom. The van der Waals surface area contributed by atoms with Crippen LogP contribution in [0, 0.1) is 0 Å². The van der Waals surface area contributed by atoms with Crippen LogP contribution in [0.2, 0.25) is 0 Å². The monoisotopic (exact) mass is 254 g/mol. The number of hydrogen-bond donors (Lipinski definition) is 0. The van der Waals surface area contributed by atoms with Gasteiger partial charge >= 0.3 is 6.18 Å². The first-order valence-electron chi connectivity index (χ1n) is 4.83. The molecule has 0 aromatic rings. The summed E-state index contributed by atoms with van der Waals surface area (Å²) in [4.78, 5) is 10.3. The Kier molecular flexibility index (Phi) is 5.82. The average molecular weight is 254 g/mol. The van der Waals surface area contributed by atoms with Gasteiger partial charge < -0.3 is 0 Å². The van der Waals surface area contributed by atoms with Crippen molar-refractivity contribution in [2.24, 2.45) is 0 Å². The Labute approximate surface area is 104 Å². The van der Waals surface area contributed by atoms with E-state index in [9.17, 15) is 18.0 Å². The van der Waals surface area contributed by atoms with Crippen LogP contribution in [0.15, 0.2) is 72.9 Å². The van der Waals surface area contributed by atoms with Crippen molar-refractivity contribution in [3.8, 4) is 0 Å². The molecule has 0 spiro atoms. The lowest BCUT2D eigenvalue weighted by atomic mass is 10.1. The van der Waals surface area contributed by atoms with Crippen molar-refractivity contribution in [3.05, 3.63) is 72.9 Å². The summed E-state index contributed by atoms with van der Waals surface area (Å²) in [5.74, 6) is 0. The van der Waals surface area contributed by atoms with Crippen molar-refractivity contribution in [2.75, 3.05) is 0 Å². The Bertz CT molecular complexity index is 448. The highest BCUT2D eigenvalue weighted by Gasteiger charge is 2.29. The molecule has 0 bridgehead atoms. The number of aldehydes is 1. The minimum Gasteiger partial charge on any atom is -0.298 e. The fourth-order valence-corrected chi connectivity index (χ4v) is 0.757. The molecular formula is C14H13F3O. The molecule has 0 unspecified atom stereocenters. The summed E-state index contributed by atoms with van der Waals surface area (Å²) in [6.07, 6.45) is 0.905. The minimum atomic E-state index is -4.46. The topological polar surface area (TPSA) is 17.1 Å². The van der Waals surface area contributed by atoms with Crippen molar-refractivity contribution in [3.63, 3.8) is 0 Å². The summed E-state index contributed by atoms with van der Waals surface area (Å²) in [7, 11) is 0. The van der Waals surface area contributed by atoms with Crippen molar-refractivity contribution in [1.82, 2.24) is 0 Å². The SMILES string of the molecule is C=C(C=O)/C=C\C(=C)C(=C)/C=C\C(=C)C(F)(F)F. The Morgan fingerprint density at radius 2 is 1.28 bits per heavy atom. The summed E-state index contributed by atoms with van der Waals surface area (Å²) < 4.78 is 36.4. The molecule has 0 aromatic carbocycles. The van der Waals surface area contributed by atoms with Gasteiger partial charge in [-0.25, -0.2) is 0 Å². The third-order valence-electron chi connectivity index (χ3n) is 1.91. The van der Waals surface area contributed by atoms with Crippen LogP contribution in [-0.4, -0.2) is 12.5 Å². The van der Waals surface area contributed by atoms with Crippen LogP contribution in [0.4, 0.5) is 13.2 Å². The first-order chi connectivity index (χ1) is 8.18. The van der Waals surface area contributed by atoms with E-state index in [0.29, 0.717) is 11.9 Å². The smallest absolute Gasteiger partial charge is 0.298 e. The van der Waals surface area contributed by atoms with Crippen LogP contribution < -0.4 is 0 Å². The summed E-state index contributed by atoms with van der Waals surface area (Å²) in [6.45, 7) is 13.4. The lowest BCUT2D eigenvalue weighted by molar-refractivity contribution is -0.104. The third-order valence-corrected chi connectivity index (χ3v) is 1.91. The molecule has 0 fully saturated rings. The second-order valence-corrected chi connectivity index (χ2v) is 3.43. The van der Waals surface area contributed by atoms with E-state index >= 15 is 0 Å². The minimum absolute atomic E-state index is 0.229. The van der Waals surface area contributed by atoms with Gasteiger partial charge in [-0.2, -0.15) is 13.2 Å². The molecule has 0 saturated carbocycles. The third kappa shape index (κ3) is 5.84. The first kappa shape index (κ1) is 15.9. The van der Waals surface area contributed by atoms with Crippen molar-refractivity contribution in [1.29, 1.82) is 0 Å². The Balaban J connectivity index is 4.61. The number of rotatable bonds is 6. The van der Waals surface area contributed by atoms with Gasteiger partial charge in [0.25, 0.3) is 0 Å². The highest BCUT2D eigenvalue weighted by molar-refractivity contribution is 5.76. The van der Waals surface area contributed by atoms with Crippen LogP contribution in [-0.2, 0) is 4.79 Å². The van der Waals surface area contributed by atoms with Gasteiger partial charge in [0.05, 0.1) is 0 Å². The van der Waals surface area contributed by atoms with Gasteiger partial charge in [0.1, 0.15) is 6.29 Å². The molecule has 0 saturated heterocycles. The number of halogens is 3. The maximum atomic E-state index is 12.1. The lowest BCUT2D eigenvalue weighted by Gasteiger charge is -2.05. The van der Waals surface area contributed by atoms with Crippen molar-refractivity contribution in [2.45, 2.75) is 6.18 Å². The Hall–Kier alpha value is -2.10. The van der Waals surface area contributed by atoms with E-state index in [1.54, 1.807) is 0 Å². The zero-order chi connectivity index (χ0) is 14.3. The molecule has 18 heavy (non-hydrogen) atoms. The average Bonchev–Trinajstić information content (AvgIpc) is 2.30. The molecule has 4 heteroatoms. The van der Waals surface area contributed by atoms with Crippen LogP contribution in [0.5, 0.6) is 0 Å². The fraction of sp³-hybridized carbons (Fsp3) is 0.0714. The standard InChI is InChI=1S/C14H13F3O/c1-10(9-18)5-6-11(2)12(3)7-8-13(4)14(15,16)17/h5-9H,1-4H2/b6-5-,8-7-. The summed E-state index contributed by atoms with van der Waals surface area (Å²) in [6, 6.07) is 0. The quantitative estimate of drug-likeness (QED) is 0.396. The van der Waals surface area contributed by atoms with E-state index < -0.39 is 11.7 Å². The van der Waals surface area contributed by atoms with Crippen LogP contribution in [0.25, 0.3) is 0 Å². The van der Waals surface area contributed by atoms with E-state index in [0.717, 1.165) is 12.2 Å². The van der Waals surface area contributed by atoms with Gasteiger partial charge in [-0.05, 0) is 11.1 Å². The second-order valence-electron chi connectivity index (χ2n) is 3.43. The van der Waals surface area contributed by atoms with E-state index in [2.05, 4.69) is 26.3 Å². The number of hydrogen-bond acceptors (Lipinski definition) is 1. The molecule has 0 amide bonds. The predicted molar refractivity (Wildman–Crippen MR) is 67.0 cm³/mol. The second kappa shape index (κ2) is 6.59. The van der Waals surface area contributed by atoms with E-state index in [4.69, 9.17) is 0 Å². The Morgan fingerprint density at radius 3 is 1.67 bits per heavy atom. The van der Waals surface area contributed by atoms with Gasteiger partial charge in [-0.15, -0.1) is 0 Å².